The van der Waals surface area contributed by atoms with Gasteiger partial charge in [0.2, 0.25) is 0 Å². The monoisotopic (exact) mass is 255 g/mol. The lowest BCUT2D eigenvalue weighted by Crippen LogP contribution is -1.92. The molecule has 13 heavy (non-hydrogen) atoms. The highest BCUT2D eigenvalue weighted by Crippen LogP contribution is 2.32. The van der Waals surface area contributed by atoms with Gasteiger partial charge in [0, 0.05) is 4.90 Å². The van der Waals surface area contributed by atoms with E-state index in [-0.39, 0.29) is 14.9 Å². The van der Waals surface area contributed by atoms with Crippen LogP contribution in [0.5, 0.6) is 0 Å². The molecule has 0 aliphatic rings. The molecule has 0 amide bonds. The predicted molar refractivity (Wildman–Crippen MR) is 55.4 cm³/mol. The summed E-state index contributed by atoms with van der Waals surface area (Å²) in [4.78, 5) is 0.797. The molecular formula is C7H5Cl2O2S2-. The molecule has 6 heteroatoms. The molecule has 0 radical (unpaired) electrons. The van der Waals surface area contributed by atoms with E-state index in [0.717, 1.165) is 4.90 Å². The van der Waals surface area contributed by atoms with Crippen LogP contribution in [0.3, 0.4) is 0 Å². The zero-order chi connectivity index (χ0) is 10.0. The number of benzene rings is 1. The minimum absolute atomic E-state index is 0.0406. The smallest absolute Gasteiger partial charge is 0.0622 e. The zero-order valence-corrected chi connectivity index (χ0v) is 9.69. The molecule has 0 saturated carbocycles. The molecule has 0 aliphatic carbocycles. The van der Waals surface area contributed by atoms with Crippen molar-refractivity contribution in [1.29, 1.82) is 0 Å². The summed E-state index contributed by atoms with van der Waals surface area (Å²) >= 11 is 10.5. The number of hydrogen-bond acceptors (Lipinski definition) is 3. The lowest BCUT2D eigenvalue weighted by molar-refractivity contribution is 0.537. The highest BCUT2D eigenvalue weighted by atomic mass is 35.5. The average molecular weight is 256 g/mol. The van der Waals surface area contributed by atoms with E-state index in [9.17, 15) is 8.76 Å². The first-order valence-corrected chi connectivity index (χ1v) is 6.24. The summed E-state index contributed by atoms with van der Waals surface area (Å²) in [5, 5.41) is 0.315. The Bertz CT molecular complexity index is 331. The van der Waals surface area contributed by atoms with E-state index >= 15 is 0 Å². The predicted octanol–water partition coefficient (Wildman–Crippen LogP) is 2.95. The van der Waals surface area contributed by atoms with E-state index in [1.165, 1.54) is 11.8 Å². The molecule has 0 spiro atoms. The van der Waals surface area contributed by atoms with Gasteiger partial charge in [-0.25, -0.2) is 0 Å². The van der Waals surface area contributed by atoms with Gasteiger partial charge >= 0.3 is 0 Å². The van der Waals surface area contributed by atoms with Gasteiger partial charge in [-0.2, -0.15) is 0 Å². The van der Waals surface area contributed by atoms with Crippen LogP contribution in [-0.4, -0.2) is 15.0 Å². The first-order chi connectivity index (χ1) is 6.06. The Kier molecular flexibility index (Phi) is 4.06. The molecule has 1 aromatic rings. The third kappa shape index (κ3) is 2.60. The molecule has 1 aromatic carbocycles. The van der Waals surface area contributed by atoms with E-state index in [4.69, 9.17) is 23.2 Å². The van der Waals surface area contributed by atoms with E-state index in [0.29, 0.717) is 0 Å². The van der Waals surface area contributed by atoms with Crippen LogP contribution in [0.1, 0.15) is 0 Å². The van der Waals surface area contributed by atoms with Gasteiger partial charge in [0.15, 0.2) is 0 Å². The molecule has 0 bridgehead atoms. The third-order valence-electron chi connectivity index (χ3n) is 1.37. The normalized spacial score (nSPS) is 12.9. The van der Waals surface area contributed by atoms with Crippen molar-refractivity contribution in [2.75, 3.05) is 6.26 Å². The largest absolute Gasteiger partial charge is 0.768 e. The van der Waals surface area contributed by atoms with Gasteiger partial charge in [-0.3, -0.25) is 4.21 Å². The molecule has 0 aliphatic heterocycles. The topological polar surface area (TPSA) is 40.1 Å². The van der Waals surface area contributed by atoms with Crippen molar-refractivity contribution in [1.82, 2.24) is 0 Å². The van der Waals surface area contributed by atoms with E-state index in [1.54, 1.807) is 12.1 Å². The Hall–Kier alpha value is 0.260. The Balaban J connectivity index is 3.31. The van der Waals surface area contributed by atoms with Crippen molar-refractivity contribution < 1.29 is 8.76 Å². The van der Waals surface area contributed by atoms with Gasteiger partial charge in [-0.05, 0) is 29.5 Å². The number of thioether (sulfide) groups is 1. The minimum atomic E-state index is -2.39. The average Bonchev–Trinajstić information content (AvgIpc) is 2.02. The molecule has 72 valence electrons. The molecule has 0 heterocycles. The number of rotatable bonds is 2. The standard InChI is InChI=1S/C7H6Cl2O2S2/c1-12-4-2-5(8)7(13(10)11)6(9)3-4/h2-3H,1H3,(H,10,11)/p-1. The Morgan fingerprint density at radius 2 is 1.85 bits per heavy atom. The van der Waals surface area contributed by atoms with Gasteiger partial charge in [0.1, 0.15) is 0 Å². The Morgan fingerprint density at radius 1 is 1.38 bits per heavy atom. The molecule has 1 unspecified atom stereocenters. The molecule has 0 aromatic heterocycles. The molecule has 2 nitrogen and oxygen atoms in total. The summed E-state index contributed by atoms with van der Waals surface area (Å²) in [6.45, 7) is 0. The second kappa shape index (κ2) is 4.66. The van der Waals surface area contributed by atoms with Gasteiger partial charge in [0.05, 0.1) is 14.9 Å². The number of hydrogen-bond donors (Lipinski definition) is 0. The quantitative estimate of drug-likeness (QED) is 0.603. The van der Waals surface area contributed by atoms with E-state index in [1.807, 2.05) is 6.26 Å². The van der Waals surface area contributed by atoms with Crippen molar-refractivity contribution in [2.24, 2.45) is 0 Å². The molecule has 0 fully saturated rings. The van der Waals surface area contributed by atoms with Gasteiger partial charge in [0.25, 0.3) is 0 Å². The summed E-state index contributed by atoms with van der Waals surface area (Å²) in [6.07, 6.45) is 1.86. The fraction of sp³-hybridized carbons (Fsp3) is 0.143. The SMILES string of the molecule is CSc1cc(Cl)c(S(=O)[O-])c(Cl)c1. The van der Waals surface area contributed by atoms with Crippen molar-refractivity contribution in [3.63, 3.8) is 0 Å². The van der Waals surface area contributed by atoms with Crippen LogP contribution >= 0.6 is 35.0 Å². The lowest BCUT2D eigenvalue weighted by atomic mass is 10.3. The number of halogens is 2. The fourth-order valence-electron chi connectivity index (χ4n) is 0.814. The van der Waals surface area contributed by atoms with Crippen LogP contribution in [0.15, 0.2) is 21.9 Å². The van der Waals surface area contributed by atoms with Crippen LogP contribution in [0.2, 0.25) is 10.0 Å². The third-order valence-corrected chi connectivity index (χ3v) is 3.67. The maximum Gasteiger partial charge on any atom is 0.0622 e. The first-order valence-electron chi connectivity index (χ1n) is 3.18. The van der Waals surface area contributed by atoms with Crippen LogP contribution < -0.4 is 0 Å². The van der Waals surface area contributed by atoms with Crippen LogP contribution in [0.4, 0.5) is 0 Å². The van der Waals surface area contributed by atoms with Crippen LogP contribution in [0.25, 0.3) is 0 Å². The van der Waals surface area contributed by atoms with Crippen LogP contribution in [-0.2, 0) is 11.1 Å². The maximum absolute atomic E-state index is 10.7. The van der Waals surface area contributed by atoms with Gasteiger partial charge < -0.3 is 4.55 Å². The Morgan fingerprint density at radius 3 is 2.15 bits per heavy atom. The summed E-state index contributed by atoms with van der Waals surface area (Å²) in [5.41, 5.74) is 0. The summed E-state index contributed by atoms with van der Waals surface area (Å²) < 4.78 is 21.3. The molecule has 1 atom stereocenters. The highest BCUT2D eigenvalue weighted by molar-refractivity contribution is 7.98. The molecule has 1 rings (SSSR count). The molecule has 0 N–H and O–H groups in total. The van der Waals surface area contributed by atoms with Gasteiger partial charge in [-0.15, -0.1) is 11.8 Å². The van der Waals surface area contributed by atoms with Crippen molar-refractivity contribution in [3.05, 3.63) is 22.2 Å². The van der Waals surface area contributed by atoms with Crippen LogP contribution in [0, 0.1) is 0 Å². The summed E-state index contributed by atoms with van der Waals surface area (Å²) in [6, 6.07) is 3.15. The van der Waals surface area contributed by atoms with Crippen molar-refractivity contribution in [2.45, 2.75) is 9.79 Å². The maximum atomic E-state index is 10.7. The highest BCUT2D eigenvalue weighted by Gasteiger charge is 2.08. The summed E-state index contributed by atoms with van der Waals surface area (Å²) in [5.74, 6) is 0. The van der Waals surface area contributed by atoms with E-state index in [2.05, 4.69) is 0 Å². The molecule has 0 saturated heterocycles. The summed E-state index contributed by atoms with van der Waals surface area (Å²) in [7, 11) is 0. The minimum Gasteiger partial charge on any atom is -0.768 e. The second-order valence-corrected chi connectivity index (χ2v) is 4.73. The molecular weight excluding hydrogens is 251 g/mol. The fourth-order valence-corrected chi connectivity index (χ4v) is 2.72. The Labute approximate surface area is 92.9 Å². The second-order valence-electron chi connectivity index (χ2n) is 2.15. The zero-order valence-electron chi connectivity index (χ0n) is 6.54. The van der Waals surface area contributed by atoms with Crippen molar-refractivity contribution in [3.8, 4) is 0 Å². The van der Waals surface area contributed by atoms with Crippen molar-refractivity contribution >= 4 is 46.0 Å². The van der Waals surface area contributed by atoms with E-state index < -0.39 is 11.1 Å². The first kappa shape index (κ1) is 11.3. The van der Waals surface area contributed by atoms with Gasteiger partial charge in [-0.1, -0.05) is 23.2 Å². The lowest BCUT2D eigenvalue weighted by Gasteiger charge is -2.10.